The van der Waals surface area contributed by atoms with E-state index in [0.29, 0.717) is 51.4 Å². The van der Waals surface area contributed by atoms with E-state index in [1.165, 1.54) is 0 Å². The molecule has 0 unspecified atom stereocenters. The van der Waals surface area contributed by atoms with Crippen LogP contribution in [-0.2, 0) is 18.9 Å². The van der Waals surface area contributed by atoms with E-state index in [2.05, 4.69) is 0 Å². The van der Waals surface area contributed by atoms with Gasteiger partial charge in [-0.05, 0) is 25.7 Å². The average Bonchev–Trinajstić information content (AvgIpc) is 2.91. The predicted octanol–water partition coefficient (Wildman–Crippen LogP) is 4.91. The van der Waals surface area contributed by atoms with Gasteiger partial charge in [-0.3, -0.25) is 0 Å². The second kappa shape index (κ2) is 17.6. The van der Waals surface area contributed by atoms with Crippen LogP contribution in [0.15, 0.2) is 0 Å². The minimum atomic E-state index is -1.95. The van der Waals surface area contributed by atoms with Crippen molar-refractivity contribution in [1.82, 2.24) is 0 Å². The highest BCUT2D eigenvalue weighted by Crippen LogP contribution is 2.32. The molecule has 0 aliphatic heterocycles. The minimum Gasteiger partial charge on any atom is -0.478 e. The highest BCUT2D eigenvalue weighted by molar-refractivity contribution is 6.23. The average molecular weight is 567 g/mol. The van der Waals surface area contributed by atoms with Gasteiger partial charge in [-0.25, -0.2) is 28.8 Å². The van der Waals surface area contributed by atoms with Gasteiger partial charge in [-0.15, -0.1) is 0 Å². The molecule has 2 N–H and O–H groups in total. The molecule has 0 fully saturated rings. The number of carboxylic acid groups (broad SMARTS) is 2. The van der Waals surface area contributed by atoms with Crippen molar-refractivity contribution in [1.29, 1.82) is 0 Å². The summed E-state index contributed by atoms with van der Waals surface area (Å²) >= 11 is 0. The van der Waals surface area contributed by atoms with E-state index in [-0.39, 0.29) is 26.4 Å². The Labute approximate surface area is 232 Å². The number of aromatic carboxylic acids is 2. The lowest BCUT2D eigenvalue weighted by atomic mass is 9.85. The normalized spacial score (nSPS) is 10.5. The number of hydrogen-bond donors (Lipinski definition) is 2. The molecule has 0 aromatic heterocycles. The summed E-state index contributed by atoms with van der Waals surface area (Å²) in [6, 6.07) is 0. The van der Waals surface area contributed by atoms with Crippen LogP contribution < -0.4 is 0 Å². The van der Waals surface area contributed by atoms with Gasteiger partial charge in [0.15, 0.2) is 0 Å². The van der Waals surface area contributed by atoms with Gasteiger partial charge in [0.05, 0.1) is 59.8 Å². The molecule has 0 bridgehead atoms. The fourth-order valence-corrected chi connectivity index (χ4v) is 3.52. The van der Waals surface area contributed by atoms with Crippen LogP contribution in [0.3, 0.4) is 0 Å². The fourth-order valence-electron chi connectivity index (χ4n) is 3.52. The highest BCUT2D eigenvalue weighted by Gasteiger charge is 2.42. The molecule has 40 heavy (non-hydrogen) atoms. The van der Waals surface area contributed by atoms with Crippen molar-refractivity contribution < 1.29 is 57.9 Å². The van der Waals surface area contributed by atoms with Crippen molar-refractivity contribution in [2.75, 3.05) is 26.4 Å². The van der Waals surface area contributed by atoms with Crippen LogP contribution in [0.2, 0.25) is 0 Å². The first kappa shape index (κ1) is 34.1. The predicted molar refractivity (Wildman–Crippen MR) is 141 cm³/mol. The maximum Gasteiger partial charge on any atom is 0.339 e. The molecule has 0 atom stereocenters. The number of esters is 4. The van der Waals surface area contributed by atoms with Crippen LogP contribution in [0, 0.1) is 0 Å². The van der Waals surface area contributed by atoms with Gasteiger partial charge < -0.3 is 29.2 Å². The Morgan fingerprint density at radius 2 is 0.625 bits per heavy atom. The Bertz CT molecular complexity index is 1000. The standard InChI is InChI=1S/C28H38O12/c1-5-9-13-37-25(33)19-17(23(29)30)18(24(31)32)20(26(34)38-14-10-6-2)22(28(36)40-16-12-8-4)21(19)27(35)39-15-11-7-3/h5-16H2,1-4H3,(H,29,30)(H,31,32). The van der Waals surface area contributed by atoms with Crippen molar-refractivity contribution >= 4 is 35.8 Å². The third-order valence-corrected chi connectivity index (χ3v) is 5.67. The molecule has 1 rings (SSSR count). The van der Waals surface area contributed by atoms with E-state index < -0.39 is 69.2 Å². The maximum absolute atomic E-state index is 13.4. The van der Waals surface area contributed by atoms with Gasteiger partial charge in [0.25, 0.3) is 0 Å². The highest BCUT2D eigenvalue weighted by atomic mass is 16.5. The molecule has 0 radical (unpaired) electrons. The number of carbonyl (C=O) groups excluding carboxylic acids is 4. The number of carboxylic acids is 2. The number of hydrogen-bond acceptors (Lipinski definition) is 10. The summed E-state index contributed by atoms with van der Waals surface area (Å²) in [6.45, 7) is 6.55. The Balaban J connectivity index is 4.25. The van der Waals surface area contributed by atoms with Gasteiger partial charge in [0.1, 0.15) is 0 Å². The summed E-state index contributed by atoms with van der Waals surface area (Å²) in [4.78, 5) is 78.2. The summed E-state index contributed by atoms with van der Waals surface area (Å²) < 4.78 is 20.8. The summed E-state index contributed by atoms with van der Waals surface area (Å²) in [6.07, 6.45) is 3.96. The Morgan fingerprint density at radius 3 is 0.800 bits per heavy atom. The summed E-state index contributed by atoms with van der Waals surface area (Å²) in [5.74, 6) is -9.28. The van der Waals surface area contributed by atoms with Gasteiger partial charge in [0, 0.05) is 0 Å². The fraction of sp³-hybridized carbons (Fsp3) is 0.571. The van der Waals surface area contributed by atoms with Crippen LogP contribution >= 0.6 is 0 Å². The maximum atomic E-state index is 13.4. The Morgan fingerprint density at radius 1 is 0.425 bits per heavy atom. The zero-order chi connectivity index (χ0) is 30.2. The lowest BCUT2D eigenvalue weighted by Crippen LogP contribution is -2.30. The number of unbranched alkanes of at least 4 members (excludes halogenated alkanes) is 4. The molecule has 12 nitrogen and oxygen atoms in total. The van der Waals surface area contributed by atoms with Crippen molar-refractivity contribution in [2.24, 2.45) is 0 Å². The second-order valence-corrected chi connectivity index (χ2v) is 8.82. The molecule has 0 spiro atoms. The van der Waals surface area contributed by atoms with E-state index in [1.807, 2.05) is 13.8 Å². The molecule has 1 aromatic rings. The first-order chi connectivity index (χ1) is 19.1. The molecule has 0 aliphatic carbocycles. The lowest BCUT2D eigenvalue weighted by Gasteiger charge is -2.21. The zero-order valence-corrected chi connectivity index (χ0v) is 23.5. The van der Waals surface area contributed by atoms with Crippen LogP contribution in [0.1, 0.15) is 141 Å². The Kier molecular flexibility index (Phi) is 15.0. The smallest absolute Gasteiger partial charge is 0.339 e. The van der Waals surface area contributed by atoms with Crippen LogP contribution in [0.25, 0.3) is 0 Å². The minimum absolute atomic E-state index is 0.163. The Hall–Kier alpha value is -3.96. The monoisotopic (exact) mass is 566 g/mol. The van der Waals surface area contributed by atoms with Crippen LogP contribution in [-0.4, -0.2) is 72.5 Å². The second-order valence-electron chi connectivity index (χ2n) is 8.82. The topological polar surface area (TPSA) is 180 Å². The number of ether oxygens (including phenoxy) is 4. The molecule has 1 aromatic carbocycles. The quantitative estimate of drug-likeness (QED) is 0.139. The summed E-state index contributed by atoms with van der Waals surface area (Å²) in [5.41, 5.74) is -6.30. The molecule has 0 saturated heterocycles. The molecule has 0 amide bonds. The van der Waals surface area contributed by atoms with E-state index in [1.54, 1.807) is 13.8 Å². The number of carbonyl (C=O) groups is 6. The van der Waals surface area contributed by atoms with E-state index in [9.17, 15) is 39.0 Å². The molecule has 0 heterocycles. The van der Waals surface area contributed by atoms with Crippen molar-refractivity contribution in [3.05, 3.63) is 33.4 Å². The molecular formula is C28H38O12. The van der Waals surface area contributed by atoms with E-state index >= 15 is 0 Å². The molecule has 12 heteroatoms. The van der Waals surface area contributed by atoms with E-state index in [4.69, 9.17) is 18.9 Å². The third-order valence-electron chi connectivity index (χ3n) is 5.67. The van der Waals surface area contributed by atoms with Gasteiger partial charge in [0.2, 0.25) is 0 Å². The van der Waals surface area contributed by atoms with Crippen molar-refractivity contribution in [3.63, 3.8) is 0 Å². The van der Waals surface area contributed by atoms with E-state index in [0.717, 1.165) is 0 Å². The van der Waals surface area contributed by atoms with Gasteiger partial charge >= 0.3 is 35.8 Å². The van der Waals surface area contributed by atoms with Crippen molar-refractivity contribution in [2.45, 2.75) is 79.1 Å². The zero-order valence-electron chi connectivity index (χ0n) is 23.5. The number of benzene rings is 1. The molecule has 0 aliphatic rings. The molecule has 0 saturated carbocycles. The summed E-state index contributed by atoms with van der Waals surface area (Å²) in [7, 11) is 0. The SMILES string of the molecule is CCCCOC(=O)c1c(C(=O)O)c(C(=O)O)c(C(=O)OCCCC)c(C(=O)OCCCC)c1C(=O)OCCCC. The molecule has 222 valence electrons. The van der Waals surface area contributed by atoms with Crippen molar-refractivity contribution in [3.8, 4) is 0 Å². The van der Waals surface area contributed by atoms with Crippen LogP contribution in [0.4, 0.5) is 0 Å². The number of rotatable bonds is 18. The first-order valence-corrected chi connectivity index (χ1v) is 13.5. The third kappa shape index (κ3) is 9.06. The van der Waals surface area contributed by atoms with Gasteiger partial charge in [-0.2, -0.15) is 0 Å². The van der Waals surface area contributed by atoms with Crippen LogP contribution in [0.5, 0.6) is 0 Å². The lowest BCUT2D eigenvalue weighted by molar-refractivity contribution is 0.0410. The summed E-state index contributed by atoms with van der Waals surface area (Å²) in [5, 5.41) is 20.1. The molecular weight excluding hydrogens is 528 g/mol. The largest absolute Gasteiger partial charge is 0.478 e. The first-order valence-electron chi connectivity index (χ1n) is 13.5. The van der Waals surface area contributed by atoms with Gasteiger partial charge in [-0.1, -0.05) is 53.4 Å².